The molecule has 2 heterocycles. The highest BCUT2D eigenvalue weighted by atomic mass is 35.5. The molecule has 0 unspecified atom stereocenters. The van der Waals surface area contributed by atoms with Gasteiger partial charge < -0.3 is 0 Å². The first kappa shape index (κ1) is 9.78. The topological polar surface area (TPSA) is 47.3 Å². The maximum absolute atomic E-state index is 10.7. The average molecular weight is 236 g/mol. The maximum atomic E-state index is 10.7. The Bertz CT molecular complexity index is 560. The van der Waals surface area contributed by atoms with Crippen molar-refractivity contribution >= 4 is 23.5 Å². The first-order valence-electron chi connectivity index (χ1n) is 5.27. The van der Waals surface area contributed by atoms with Gasteiger partial charge in [-0.3, -0.25) is 9.20 Å². The van der Waals surface area contributed by atoms with Gasteiger partial charge in [-0.25, -0.2) is 0 Å². The number of carbonyl (C=O) groups excluding carboxylic acids is 1. The molecule has 0 amide bonds. The molecular weight excluding hydrogens is 226 g/mol. The van der Waals surface area contributed by atoms with Crippen molar-refractivity contribution in [2.24, 2.45) is 5.92 Å². The Balaban J connectivity index is 2.12. The van der Waals surface area contributed by atoms with Crippen molar-refractivity contribution in [3.63, 3.8) is 0 Å². The van der Waals surface area contributed by atoms with Crippen LogP contribution in [0.1, 0.15) is 29.0 Å². The average Bonchev–Trinajstić information content (AvgIpc) is 3.00. The van der Waals surface area contributed by atoms with Crippen LogP contribution in [0.3, 0.4) is 0 Å². The largest absolute Gasteiger partial charge is 0.298 e. The molecule has 16 heavy (non-hydrogen) atoms. The molecule has 3 rings (SSSR count). The van der Waals surface area contributed by atoms with Gasteiger partial charge in [-0.15, -0.1) is 10.2 Å². The van der Waals surface area contributed by atoms with Gasteiger partial charge in [-0.1, -0.05) is 11.6 Å². The number of aldehydes is 1. The SMILES string of the molecule is O=Cc1ccn2c(CC3CC3)nnc2c1Cl. The van der Waals surface area contributed by atoms with Crippen LogP contribution in [0.4, 0.5) is 0 Å². The van der Waals surface area contributed by atoms with Gasteiger partial charge in [-0.2, -0.15) is 0 Å². The molecule has 0 bridgehead atoms. The van der Waals surface area contributed by atoms with Crippen LogP contribution in [0.2, 0.25) is 5.02 Å². The molecule has 82 valence electrons. The number of pyridine rings is 1. The second-order valence-corrected chi connectivity index (χ2v) is 4.54. The summed E-state index contributed by atoms with van der Waals surface area (Å²) in [6, 6.07) is 1.70. The lowest BCUT2D eigenvalue weighted by atomic mass is 10.2. The minimum atomic E-state index is 0.382. The van der Waals surface area contributed by atoms with Gasteiger partial charge in [-0.05, 0) is 24.8 Å². The number of nitrogens with zero attached hydrogens (tertiary/aromatic N) is 3. The highest BCUT2D eigenvalue weighted by molar-refractivity contribution is 6.35. The normalized spacial score (nSPS) is 15.6. The molecule has 2 aromatic heterocycles. The Morgan fingerprint density at radius 1 is 1.50 bits per heavy atom. The van der Waals surface area contributed by atoms with Crippen LogP contribution in [-0.4, -0.2) is 20.9 Å². The van der Waals surface area contributed by atoms with Gasteiger partial charge in [0.05, 0.1) is 5.02 Å². The van der Waals surface area contributed by atoms with Crippen molar-refractivity contribution < 1.29 is 4.79 Å². The highest BCUT2D eigenvalue weighted by Crippen LogP contribution is 2.32. The second-order valence-electron chi connectivity index (χ2n) is 4.16. The van der Waals surface area contributed by atoms with Crippen LogP contribution < -0.4 is 0 Å². The molecule has 1 saturated carbocycles. The Hall–Kier alpha value is -1.42. The summed E-state index contributed by atoms with van der Waals surface area (Å²) in [5, 5.41) is 8.54. The highest BCUT2D eigenvalue weighted by Gasteiger charge is 2.24. The molecule has 0 aromatic carbocycles. The number of hydrogen-bond acceptors (Lipinski definition) is 3. The van der Waals surface area contributed by atoms with Crippen LogP contribution >= 0.6 is 11.6 Å². The molecule has 1 fully saturated rings. The van der Waals surface area contributed by atoms with Crippen molar-refractivity contribution in [1.82, 2.24) is 14.6 Å². The predicted octanol–water partition coefficient (Wildman–Crippen LogP) is 2.15. The lowest BCUT2D eigenvalue weighted by Crippen LogP contribution is -1.97. The lowest BCUT2D eigenvalue weighted by Gasteiger charge is -2.00. The van der Waals surface area contributed by atoms with E-state index in [0.717, 1.165) is 24.4 Å². The minimum absolute atomic E-state index is 0.382. The summed E-state index contributed by atoms with van der Waals surface area (Å²) >= 11 is 6.05. The summed E-state index contributed by atoms with van der Waals surface area (Å²) in [7, 11) is 0. The van der Waals surface area contributed by atoms with E-state index in [1.807, 2.05) is 10.6 Å². The molecule has 1 aliphatic carbocycles. The Labute approximate surface area is 97.2 Å². The zero-order valence-corrected chi connectivity index (χ0v) is 9.31. The van der Waals surface area contributed by atoms with Gasteiger partial charge in [0.1, 0.15) is 5.82 Å². The van der Waals surface area contributed by atoms with Gasteiger partial charge in [0.25, 0.3) is 0 Å². The van der Waals surface area contributed by atoms with Gasteiger partial charge in [0, 0.05) is 18.2 Å². The summed E-state index contributed by atoms with van der Waals surface area (Å²) < 4.78 is 1.87. The third kappa shape index (κ3) is 1.50. The van der Waals surface area contributed by atoms with E-state index in [0.29, 0.717) is 16.2 Å². The van der Waals surface area contributed by atoms with Crippen molar-refractivity contribution in [2.45, 2.75) is 19.3 Å². The van der Waals surface area contributed by atoms with Crippen LogP contribution in [0.5, 0.6) is 0 Å². The molecule has 0 radical (unpaired) electrons. The molecule has 0 aliphatic heterocycles. The zero-order valence-electron chi connectivity index (χ0n) is 8.56. The van der Waals surface area contributed by atoms with Crippen LogP contribution in [0.15, 0.2) is 12.3 Å². The predicted molar refractivity (Wildman–Crippen MR) is 59.8 cm³/mol. The van der Waals surface area contributed by atoms with Gasteiger partial charge in [0.15, 0.2) is 11.9 Å². The zero-order chi connectivity index (χ0) is 11.1. The smallest absolute Gasteiger partial charge is 0.180 e. The van der Waals surface area contributed by atoms with E-state index < -0.39 is 0 Å². The van der Waals surface area contributed by atoms with Crippen molar-refractivity contribution in [3.8, 4) is 0 Å². The molecule has 1 aliphatic rings. The van der Waals surface area contributed by atoms with E-state index in [4.69, 9.17) is 11.6 Å². The first-order chi connectivity index (χ1) is 7.79. The van der Waals surface area contributed by atoms with Crippen LogP contribution in [0.25, 0.3) is 5.65 Å². The van der Waals surface area contributed by atoms with Crippen molar-refractivity contribution in [3.05, 3.63) is 28.7 Å². The monoisotopic (exact) mass is 235 g/mol. The third-order valence-corrected chi connectivity index (χ3v) is 3.30. The Kier molecular flexibility index (Phi) is 2.17. The molecule has 0 atom stereocenters. The molecular formula is C11H10ClN3O. The lowest BCUT2D eigenvalue weighted by molar-refractivity contribution is 0.112. The van der Waals surface area contributed by atoms with E-state index in [2.05, 4.69) is 10.2 Å². The quantitative estimate of drug-likeness (QED) is 0.766. The number of fused-ring (bicyclic) bond motifs is 1. The second kappa shape index (κ2) is 3.56. The Morgan fingerprint density at radius 2 is 2.31 bits per heavy atom. The van der Waals surface area contributed by atoms with Crippen molar-refractivity contribution in [2.75, 3.05) is 0 Å². The minimum Gasteiger partial charge on any atom is -0.298 e. The summed E-state index contributed by atoms with van der Waals surface area (Å²) in [6.45, 7) is 0. The molecule has 0 N–H and O–H groups in total. The van der Waals surface area contributed by atoms with E-state index in [1.165, 1.54) is 12.8 Å². The fraction of sp³-hybridized carbons (Fsp3) is 0.364. The number of halogens is 1. The van der Waals surface area contributed by atoms with Gasteiger partial charge in [0.2, 0.25) is 0 Å². The fourth-order valence-corrected chi connectivity index (χ4v) is 2.03. The standard InChI is InChI=1S/C11H10ClN3O/c12-10-8(6-16)3-4-15-9(5-7-1-2-7)13-14-11(10)15/h3-4,6-7H,1-2,5H2. The van der Waals surface area contributed by atoms with E-state index >= 15 is 0 Å². The van der Waals surface area contributed by atoms with E-state index in [9.17, 15) is 4.79 Å². The summed E-state index contributed by atoms with van der Waals surface area (Å²) in [6.07, 6.45) is 6.03. The third-order valence-electron chi connectivity index (χ3n) is 2.91. The first-order valence-corrected chi connectivity index (χ1v) is 5.64. The summed E-state index contributed by atoms with van der Waals surface area (Å²) in [4.78, 5) is 10.7. The number of hydrogen-bond donors (Lipinski definition) is 0. The molecule has 2 aromatic rings. The fourth-order valence-electron chi connectivity index (χ4n) is 1.80. The maximum Gasteiger partial charge on any atom is 0.180 e. The van der Waals surface area contributed by atoms with Crippen molar-refractivity contribution in [1.29, 1.82) is 0 Å². The van der Waals surface area contributed by atoms with Crippen LogP contribution in [-0.2, 0) is 6.42 Å². The number of aromatic nitrogens is 3. The molecule has 0 spiro atoms. The summed E-state index contributed by atoms with van der Waals surface area (Å²) in [5.41, 5.74) is 1.03. The van der Waals surface area contributed by atoms with E-state index in [-0.39, 0.29) is 0 Å². The summed E-state index contributed by atoms with van der Waals surface area (Å²) in [5.74, 6) is 1.67. The molecule has 4 nitrogen and oxygen atoms in total. The molecule has 0 saturated heterocycles. The Morgan fingerprint density at radius 3 is 3.00 bits per heavy atom. The van der Waals surface area contributed by atoms with Crippen LogP contribution in [0, 0.1) is 5.92 Å². The van der Waals surface area contributed by atoms with E-state index in [1.54, 1.807) is 6.07 Å². The number of carbonyl (C=O) groups is 1. The molecule has 5 heteroatoms. The number of rotatable bonds is 3. The van der Waals surface area contributed by atoms with Gasteiger partial charge >= 0.3 is 0 Å².